The minimum Gasteiger partial charge on any atom is -0.545 e. The van der Waals surface area contributed by atoms with E-state index in [0.29, 0.717) is 23.9 Å². The van der Waals surface area contributed by atoms with Crippen LogP contribution in [0, 0.1) is 0 Å². The molecule has 2 unspecified atom stereocenters. The molecular weight excluding hydrogens is 1030 g/mol. The standard InChI is InChI=1S/C74H117NO8/c1-6-8-10-12-14-16-18-20-22-24-26-28-30-31-32-33-34-35-36-37-38-39-40-41-43-45-47-49-51-53-55-57-59-61-63-65-72(77)83-70(69-82-74(73(78)79)80-67-66-75(3,4)5)68-81-71(76)64-62-60-58-56-54-52-50-48-46-44-42-29-27-25-23-21-19-17-15-13-11-9-7-2/h8-11,14-17,20-23,26-29,31-32,34-35,37-38,40-41,44-47,70,74H,6-7,12-13,18-19,24-25,30,33,36,39,42-43,48-69H2,1-5H3/b10-8-,11-9-,16-14-,17-15-,22-20-,23-21-,28-26-,29-27-,32-31-,35-34-,38-37-,41-40-,46-44-,47-45-. The van der Waals surface area contributed by atoms with Crippen molar-refractivity contribution in [2.24, 2.45) is 0 Å². The number of carboxylic acids is 1. The minimum absolute atomic E-state index is 0.133. The average molecular weight is 1150 g/mol. The number of hydrogen-bond acceptors (Lipinski definition) is 8. The second-order valence-electron chi connectivity index (χ2n) is 21.9. The number of quaternary nitrogens is 1. The molecule has 0 aliphatic rings. The Morgan fingerprint density at radius 1 is 0.361 bits per heavy atom. The van der Waals surface area contributed by atoms with Gasteiger partial charge < -0.3 is 33.3 Å². The highest BCUT2D eigenvalue weighted by molar-refractivity contribution is 5.70. The smallest absolute Gasteiger partial charge is 0.306 e. The first-order valence-corrected chi connectivity index (χ1v) is 32.3. The zero-order valence-electron chi connectivity index (χ0n) is 53.0. The van der Waals surface area contributed by atoms with Crippen LogP contribution in [0.1, 0.15) is 219 Å². The maximum Gasteiger partial charge on any atom is 0.306 e. The minimum atomic E-state index is -1.64. The van der Waals surface area contributed by atoms with E-state index in [1.54, 1.807) is 0 Å². The van der Waals surface area contributed by atoms with Gasteiger partial charge in [-0.1, -0.05) is 248 Å². The highest BCUT2D eigenvalue weighted by Gasteiger charge is 2.22. The second-order valence-corrected chi connectivity index (χ2v) is 21.9. The fourth-order valence-electron chi connectivity index (χ4n) is 8.08. The van der Waals surface area contributed by atoms with Gasteiger partial charge >= 0.3 is 11.9 Å². The molecule has 0 saturated heterocycles. The molecule has 0 aromatic carbocycles. The molecule has 0 saturated carbocycles. The molecule has 0 N–H and O–H groups in total. The summed E-state index contributed by atoms with van der Waals surface area (Å²) >= 11 is 0. The van der Waals surface area contributed by atoms with Crippen LogP contribution >= 0.6 is 0 Å². The summed E-state index contributed by atoms with van der Waals surface area (Å²) in [6, 6.07) is 0. The zero-order chi connectivity index (χ0) is 60.5. The molecule has 0 radical (unpaired) electrons. The molecule has 83 heavy (non-hydrogen) atoms. The highest BCUT2D eigenvalue weighted by atomic mass is 16.7. The van der Waals surface area contributed by atoms with E-state index in [1.165, 1.54) is 32.1 Å². The van der Waals surface area contributed by atoms with Crippen molar-refractivity contribution in [3.05, 3.63) is 170 Å². The fourth-order valence-corrected chi connectivity index (χ4v) is 8.08. The van der Waals surface area contributed by atoms with Crippen LogP contribution < -0.4 is 5.11 Å². The lowest BCUT2D eigenvalue weighted by atomic mass is 10.1. The van der Waals surface area contributed by atoms with Gasteiger partial charge in [-0.15, -0.1) is 0 Å². The number of unbranched alkanes of at least 4 members (excludes halogenated alkanes) is 14. The van der Waals surface area contributed by atoms with E-state index in [-0.39, 0.29) is 38.6 Å². The summed E-state index contributed by atoms with van der Waals surface area (Å²) in [6.07, 6.45) is 91.2. The van der Waals surface area contributed by atoms with Gasteiger partial charge in [0.05, 0.1) is 40.3 Å². The first kappa shape index (κ1) is 77.7. The largest absolute Gasteiger partial charge is 0.545 e. The van der Waals surface area contributed by atoms with E-state index in [2.05, 4.69) is 184 Å². The van der Waals surface area contributed by atoms with Gasteiger partial charge in [0.15, 0.2) is 12.4 Å². The van der Waals surface area contributed by atoms with Crippen molar-refractivity contribution in [2.45, 2.75) is 232 Å². The quantitative estimate of drug-likeness (QED) is 0.0195. The van der Waals surface area contributed by atoms with Gasteiger partial charge in [0.2, 0.25) is 0 Å². The summed E-state index contributed by atoms with van der Waals surface area (Å²) in [5, 5.41) is 11.8. The third-order valence-corrected chi connectivity index (χ3v) is 13.0. The summed E-state index contributed by atoms with van der Waals surface area (Å²) in [5.74, 6) is -2.33. The number of ether oxygens (including phenoxy) is 4. The van der Waals surface area contributed by atoms with Crippen LogP contribution in [0.3, 0.4) is 0 Å². The van der Waals surface area contributed by atoms with E-state index in [4.69, 9.17) is 18.9 Å². The Labute approximate surface area is 507 Å². The molecule has 0 aromatic heterocycles. The molecule has 0 aromatic rings. The molecule has 466 valence electrons. The Hall–Kier alpha value is -5.35. The molecule has 0 heterocycles. The summed E-state index contributed by atoms with van der Waals surface area (Å²) in [7, 11) is 5.90. The molecule has 0 fully saturated rings. The Balaban J connectivity index is 4.28. The molecule has 0 aliphatic heterocycles. The molecule has 0 rings (SSSR count). The van der Waals surface area contributed by atoms with Crippen molar-refractivity contribution in [3.63, 3.8) is 0 Å². The van der Waals surface area contributed by atoms with E-state index >= 15 is 0 Å². The molecule has 0 aliphatic carbocycles. The number of carbonyl (C=O) groups is 3. The van der Waals surface area contributed by atoms with Gasteiger partial charge in [-0.2, -0.15) is 0 Å². The number of nitrogens with zero attached hydrogens (tertiary/aromatic N) is 1. The van der Waals surface area contributed by atoms with Crippen LogP contribution in [0.25, 0.3) is 0 Å². The molecule has 9 nitrogen and oxygen atoms in total. The maximum absolute atomic E-state index is 12.9. The predicted octanol–water partition coefficient (Wildman–Crippen LogP) is 18.6. The summed E-state index contributed by atoms with van der Waals surface area (Å²) in [5.41, 5.74) is 0. The molecule has 2 atom stereocenters. The Bertz CT molecular complexity index is 1960. The van der Waals surface area contributed by atoms with Crippen LogP contribution in [0.2, 0.25) is 0 Å². The Morgan fingerprint density at radius 2 is 0.651 bits per heavy atom. The zero-order valence-corrected chi connectivity index (χ0v) is 53.0. The molecule has 0 amide bonds. The summed E-state index contributed by atoms with van der Waals surface area (Å²) in [4.78, 5) is 37.4. The molecule has 9 heteroatoms. The van der Waals surface area contributed by atoms with Crippen LogP contribution in [-0.2, 0) is 33.3 Å². The van der Waals surface area contributed by atoms with Gasteiger partial charge in [-0.05, 0) is 128 Å². The van der Waals surface area contributed by atoms with Crippen LogP contribution in [-0.4, -0.2) is 82.3 Å². The van der Waals surface area contributed by atoms with Crippen molar-refractivity contribution >= 4 is 17.9 Å². The maximum atomic E-state index is 12.9. The van der Waals surface area contributed by atoms with E-state index < -0.39 is 24.3 Å². The van der Waals surface area contributed by atoms with Crippen molar-refractivity contribution in [1.29, 1.82) is 0 Å². The average Bonchev–Trinajstić information content (AvgIpc) is 3.46. The third kappa shape index (κ3) is 64.1. The first-order chi connectivity index (χ1) is 40.6. The number of carboxylic acid groups (broad SMARTS) is 1. The van der Waals surface area contributed by atoms with Crippen molar-refractivity contribution in [3.8, 4) is 0 Å². The van der Waals surface area contributed by atoms with Crippen molar-refractivity contribution in [1.82, 2.24) is 0 Å². The predicted molar refractivity (Wildman–Crippen MR) is 351 cm³/mol. The van der Waals surface area contributed by atoms with Crippen LogP contribution in [0.4, 0.5) is 0 Å². The van der Waals surface area contributed by atoms with Crippen molar-refractivity contribution < 1.29 is 42.9 Å². The van der Waals surface area contributed by atoms with Crippen LogP contribution in [0.5, 0.6) is 0 Å². The Morgan fingerprint density at radius 3 is 0.964 bits per heavy atom. The van der Waals surface area contributed by atoms with Gasteiger partial charge in [-0.3, -0.25) is 9.59 Å². The number of likely N-dealkylation sites (N-methyl/N-ethyl adjacent to an activating group) is 1. The number of rotatable bonds is 57. The van der Waals surface area contributed by atoms with Gasteiger partial charge in [-0.25, -0.2) is 0 Å². The molecular formula is C74H117NO8. The summed E-state index contributed by atoms with van der Waals surface area (Å²) in [6.45, 7) is 4.47. The van der Waals surface area contributed by atoms with Gasteiger partial charge in [0.25, 0.3) is 0 Å². The van der Waals surface area contributed by atoms with E-state index in [1.807, 2.05) is 21.1 Å². The lowest BCUT2D eigenvalue weighted by Gasteiger charge is -2.26. The Kier molecular flexibility index (Phi) is 58.6. The van der Waals surface area contributed by atoms with Crippen LogP contribution in [0.15, 0.2) is 170 Å². The van der Waals surface area contributed by atoms with E-state index in [9.17, 15) is 19.5 Å². The topological polar surface area (TPSA) is 111 Å². The number of esters is 2. The third-order valence-electron chi connectivity index (χ3n) is 13.0. The second kappa shape index (κ2) is 62.7. The normalized spacial score (nSPS) is 13.9. The first-order valence-electron chi connectivity index (χ1n) is 32.3. The SMILES string of the molecule is CC/C=C\C/C=C\C/C=C\C/C=C\C/C=C\C/C=C\C/C=C\C/C=C\C/C=C\CCCCCCCCCC(=O)OC(COC(=O)CCCCCCCCC/C=C\C/C=C\C/C=C\C/C=C\C/C=C\CC)COC(OCC[N+](C)(C)C)C(=O)[O-]. The number of aliphatic carboxylic acids is 1. The lowest BCUT2D eigenvalue weighted by Crippen LogP contribution is -2.44. The van der Waals surface area contributed by atoms with E-state index in [0.717, 1.165) is 148 Å². The molecule has 0 bridgehead atoms. The van der Waals surface area contributed by atoms with Gasteiger partial charge in [0.1, 0.15) is 13.2 Å². The number of carbonyl (C=O) groups excluding carboxylic acids is 3. The lowest BCUT2D eigenvalue weighted by molar-refractivity contribution is -0.870. The monoisotopic (exact) mass is 1150 g/mol. The molecule has 0 spiro atoms. The fraction of sp³-hybridized carbons (Fsp3) is 0.581. The highest BCUT2D eigenvalue weighted by Crippen LogP contribution is 2.14. The number of allylic oxidation sites excluding steroid dienone is 28. The summed E-state index contributed by atoms with van der Waals surface area (Å²) < 4.78 is 22.7. The van der Waals surface area contributed by atoms with Crippen molar-refractivity contribution in [2.75, 3.05) is 47.5 Å². The van der Waals surface area contributed by atoms with Gasteiger partial charge in [0, 0.05) is 12.8 Å². The number of hydrogen-bond donors (Lipinski definition) is 0.